The van der Waals surface area contributed by atoms with Crippen molar-refractivity contribution in [3.63, 3.8) is 0 Å². The molecule has 1 aliphatic heterocycles. The van der Waals surface area contributed by atoms with Crippen LogP contribution in [0.15, 0.2) is 24.2 Å². The number of ketones is 1. The summed E-state index contributed by atoms with van der Waals surface area (Å²) in [6.07, 6.45) is 0.598. The summed E-state index contributed by atoms with van der Waals surface area (Å²) in [6.45, 7) is 0. The van der Waals surface area contributed by atoms with Crippen molar-refractivity contribution in [3.8, 4) is 11.8 Å². The van der Waals surface area contributed by atoms with Gasteiger partial charge in [-0.25, -0.2) is 14.8 Å². The molecule has 0 radical (unpaired) electrons. The molecule has 2 N–H and O–H groups in total. The number of hydrogen-bond acceptors (Lipinski definition) is 8. The van der Waals surface area contributed by atoms with Crippen molar-refractivity contribution in [2.75, 3.05) is 7.11 Å². The molecule has 110 valence electrons. The summed E-state index contributed by atoms with van der Waals surface area (Å²) in [7, 11) is 1.35. The molecule has 21 heavy (non-hydrogen) atoms. The van der Waals surface area contributed by atoms with Gasteiger partial charge in [-0.05, 0) is 0 Å². The number of carbonyl (C=O) groups is 2. The van der Waals surface area contributed by atoms with Gasteiger partial charge in [0.2, 0.25) is 0 Å². The first-order valence-electron chi connectivity index (χ1n) is 6.03. The molecule has 1 aromatic rings. The van der Waals surface area contributed by atoms with E-state index in [2.05, 4.69) is 15.3 Å². The van der Waals surface area contributed by atoms with Crippen LogP contribution < -0.4 is 14.8 Å². The highest BCUT2D eigenvalue weighted by Crippen LogP contribution is 2.33. The van der Waals surface area contributed by atoms with Crippen LogP contribution in [0.5, 0.6) is 11.8 Å². The zero-order valence-electron chi connectivity index (χ0n) is 10.8. The summed E-state index contributed by atoms with van der Waals surface area (Å²) in [6, 6.07) is 0. The zero-order valence-corrected chi connectivity index (χ0v) is 10.8. The largest absolute Gasteiger partial charge is 0.477 e. The van der Waals surface area contributed by atoms with Crippen LogP contribution in [-0.2, 0) is 9.53 Å². The second-order valence-corrected chi connectivity index (χ2v) is 4.35. The number of aliphatic hydroxyl groups excluding tert-OH is 1. The molecule has 2 aliphatic rings. The fraction of sp³-hybridized carbons (Fsp3) is 0.333. The van der Waals surface area contributed by atoms with Crippen molar-refractivity contribution in [3.05, 3.63) is 24.2 Å². The van der Waals surface area contributed by atoms with Gasteiger partial charge in [0.15, 0.2) is 5.78 Å². The first-order valence-corrected chi connectivity index (χ1v) is 6.03. The molecular formula is C12H11N3O6. The van der Waals surface area contributed by atoms with Gasteiger partial charge < -0.3 is 19.3 Å². The second kappa shape index (κ2) is 5.11. The lowest BCUT2D eigenvalue weighted by molar-refractivity contribution is -0.116. The van der Waals surface area contributed by atoms with E-state index in [0.29, 0.717) is 0 Å². The fourth-order valence-electron chi connectivity index (χ4n) is 1.95. The van der Waals surface area contributed by atoms with Gasteiger partial charge in [0, 0.05) is 18.5 Å². The lowest BCUT2D eigenvalue weighted by Crippen LogP contribution is -2.38. The van der Waals surface area contributed by atoms with Crippen molar-refractivity contribution < 1.29 is 28.9 Å². The Morgan fingerprint density at radius 2 is 2.10 bits per heavy atom. The molecule has 1 saturated heterocycles. The molecular weight excluding hydrogens is 282 g/mol. The van der Waals surface area contributed by atoms with Crippen molar-refractivity contribution >= 4 is 11.9 Å². The van der Waals surface area contributed by atoms with E-state index in [4.69, 9.17) is 14.2 Å². The fourth-order valence-corrected chi connectivity index (χ4v) is 1.95. The normalized spacial score (nSPS) is 26.5. The summed E-state index contributed by atoms with van der Waals surface area (Å²) in [5, 5.41) is 12.1. The van der Waals surface area contributed by atoms with Gasteiger partial charge in [0.05, 0.1) is 12.8 Å². The number of epoxide rings is 1. The predicted molar refractivity (Wildman–Crippen MR) is 65.5 cm³/mol. The first kappa shape index (κ1) is 13.5. The molecule has 9 heteroatoms. The Morgan fingerprint density at radius 3 is 2.81 bits per heavy atom. The number of fused-ring (bicyclic) bond motifs is 1. The molecule has 1 aliphatic carbocycles. The number of ether oxygens (including phenoxy) is 3. The van der Waals surface area contributed by atoms with Crippen LogP contribution in [0.2, 0.25) is 0 Å². The number of nitrogens with one attached hydrogen (secondary N) is 1. The molecule has 0 aromatic carbocycles. The van der Waals surface area contributed by atoms with Gasteiger partial charge in [0.25, 0.3) is 11.8 Å². The molecule has 0 saturated carbocycles. The van der Waals surface area contributed by atoms with Gasteiger partial charge in [0.1, 0.15) is 18.3 Å². The van der Waals surface area contributed by atoms with E-state index >= 15 is 0 Å². The topological polar surface area (TPSA) is 123 Å². The standard InChI is InChI=1S/C12H11N3O6/c1-19-10-11(14-3-2-13-10)21-12(18)15-5-4-6(16)8-9(20-8)7(5)17/h2-4,7-9,17H,1H3,(H,15,18). The minimum atomic E-state index is -1.08. The number of aliphatic hydroxyl groups is 1. The Balaban J connectivity index is 1.68. The van der Waals surface area contributed by atoms with Crippen LogP contribution in [0.1, 0.15) is 0 Å². The van der Waals surface area contributed by atoms with E-state index in [-0.39, 0.29) is 23.2 Å². The predicted octanol–water partition coefficient (Wildman–Crippen LogP) is -0.832. The molecule has 0 bridgehead atoms. The van der Waals surface area contributed by atoms with Gasteiger partial charge >= 0.3 is 6.09 Å². The molecule has 3 rings (SSSR count). The van der Waals surface area contributed by atoms with Crippen molar-refractivity contribution in [1.29, 1.82) is 0 Å². The second-order valence-electron chi connectivity index (χ2n) is 4.35. The number of amides is 1. The van der Waals surface area contributed by atoms with E-state index in [9.17, 15) is 14.7 Å². The molecule has 1 aromatic heterocycles. The summed E-state index contributed by atoms with van der Waals surface area (Å²) in [4.78, 5) is 30.9. The molecule has 3 atom stereocenters. The number of hydrogen-bond donors (Lipinski definition) is 2. The number of rotatable bonds is 3. The Bertz CT molecular complexity index is 631. The lowest BCUT2D eigenvalue weighted by atomic mass is 10.0. The average molecular weight is 293 g/mol. The quantitative estimate of drug-likeness (QED) is 0.692. The average Bonchev–Trinajstić information content (AvgIpc) is 3.26. The highest BCUT2D eigenvalue weighted by Gasteiger charge is 2.53. The first-order chi connectivity index (χ1) is 10.1. The van der Waals surface area contributed by atoms with E-state index < -0.39 is 24.4 Å². The summed E-state index contributed by atoms with van der Waals surface area (Å²) >= 11 is 0. The van der Waals surface area contributed by atoms with Crippen LogP contribution in [0, 0.1) is 0 Å². The van der Waals surface area contributed by atoms with Crippen LogP contribution >= 0.6 is 0 Å². The maximum atomic E-state index is 11.8. The maximum absolute atomic E-state index is 11.8. The van der Waals surface area contributed by atoms with Crippen molar-refractivity contribution in [1.82, 2.24) is 15.3 Å². The van der Waals surface area contributed by atoms with E-state index in [0.717, 1.165) is 6.08 Å². The highest BCUT2D eigenvalue weighted by molar-refractivity contribution is 5.98. The zero-order chi connectivity index (χ0) is 15.0. The van der Waals surface area contributed by atoms with Gasteiger partial charge in [-0.3, -0.25) is 10.1 Å². The van der Waals surface area contributed by atoms with E-state index in [1.165, 1.54) is 19.5 Å². The lowest BCUT2D eigenvalue weighted by Gasteiger charge is -2.16. The van der Waals surface area contributed by atoms with E-state index in [1.807, 2.05) is 0 Å². The monoisotopic (exact) mass is 293 g/mol. The van der Waals surface area contributed by atoms with Crippen LogP contribution in [-0.4, -0.2) is 52.4 Å². The van der Waals surface area contributed by atoms with Crippen molar-refractivity contribution in [2.45, 2.75) is 18.3 Å². The molecule has 1 fully saturated rings. The highest BCUT2D eigenvalue weighted by atomic mass is 16.6. The third-order valence-corrected chi connectivity index (χ3v) is 3.00. The van der Waals surface area contributed by atoms with Crippen LogP contribution in [0.4, 0.5) is 4.79 Å². The maximum Gasteiger partial charge on any atom is 0.418 e. The SMILES string of the molecule is COc1nccnc1OC(=O)NC1=CC(=O)C2OC2C1O. The van der Waals surface area contributed by atoms with Gasteiger partial charge in [-0.15, -0.1) is 0 Å². The van der Waals surface area contributed by atoms with Crippen LogP contribution in [0.25, 0.3) is 0 Å². The Hall–Kier alpha value is -2.52. The summed E-state index contributed by atoms with van der Waals surface area (Å²) in [5.74, 6) is -0.402. The van der Waals surface area contributed by atoms with Gasteiger partial charge in [-0.1, -0.05) is 0 Å². The molecule has 1 amide bonds. The smallest absolute Gasteiger partial charge is 0.418 e. The minimum Gasteiger partial charge on any atom is -0.477 e. The third kappa shape index (κ3) is 2.56. The van der Waals surface area contributed by atoms with Gasteiger partial charge in [-0.2, -0.15) is 0 Å². The Kier molecular flexibility index (Phi) is 3.28. The molecule has 9 nitrogen and oxygen atoms in total. The van der Waals surface area contributed by atoms with E-state index in [1.54, 1.807) is 0 Å². The Labute approximate surface area is 118 Å². The minimum absolute atomic E-state index is 0.0200. The van der Waals surface area contributed by atoms with Crippen LogP contribution in [0.3, 0.4) is 0 Å². The Morgan fingerprint density at radius 1 is 1.38 bits per heavy atom. The number of methoxy groups -OCH3 is 1. The number of aromatic nitrogens is 2. The summed E-state index contributed by atoms with van der Waals surface area (Å²) < 4.78 is 14.8. The molecule has 0 spiro atoms. The third-order valence-electron chi connectivity index (χ3n) is 3.00. The molecule has 2 heterocycles. The number of nitrogens with zero attached hydrogens (tertiary/aromatic N) is 2. The van der Waals surface area contributed by atoms with Crippen molar-refractivity contribution in [2.24, 2.45) is 0 Å². The summed E-state index contributed by atoms with van der Waals surface area (Å²) in [5.41, 5.74) is 0.0200. The molecule has 3 unspecified atom stereocenters. The number of carbonyl (C=O) groups excluding carboxylic acids is 2.